The van der Waals surface area contributed by atoms with E-state index in [1.165, 1.54) is 17.3 Å². The summed E-state index contributed by atoms with van der Waals surface area (Å²) in [7, 11) is 0. The van der Waals surface area contributed by atoms with E-state index in [4.69, 9.17) is 15.2 Å². The van der Waals surface area contributed by atoms with Gasteiger partial charge in [0.15, 0.2) is 16.7 Å². The number of hydrogen-bond acceptors (Lipinski definition) is 5. The zero-order valence-corrected chi connectivity index (χ0v) is 16.2. The predicted molar refractivity (Wildman–Crippen MR) is 110 cm³/mol. The van der Waals surface area contributed by atoms with Gasteiger partial charge in [0.25, 0.3) is 0 Å². The first-order chi connectivity index (χ1) is 12.6. The molecule has 0 amide bonds. The summed E-state index contributed by atoms with van der Waals surface area (Å²) in [6.07, 6.45) is 1.73. The third-order valence-electron chi connectivity index (χ3n) is 3.22. The maximum atomic E-state index is 5.90. The van der Waals surface area contributed by atoms with Gasteiger partial charge in [0.2, 0.25) is 0 Å². The van der Waals surface area contributed by atoms with Crippen LogP contribution in [0.5, 0.6) is 11.5 Å². The molecule has 2 aromatic carbocycles. The van der Waals surface area contributed by atoms with Crippen molar-refractivity contribution in [3.63, 3.8) is 0 Å². The molecule has 0 saturated carbocycles. The fourth-order valence-corrected chi connectivity index (χ4v) is 2.75. The second kappa shape index (κ2) is 10.5. The lowest BCUT2D eigenvalue weighted by Crippen LogP contribution is -2.07. The molecule has 26 heavy (non-hydrogen) atoms. The number of benzene rings is 2. The van der Waals surface area contributed by atoms with Gasteiger partial charge in [0.1, 0.15) is 0 Å². The van der Waals surface area contributed by atoms with E-state index < -0.39 is 0 Å². The first-order valence-electron chi connectivity index (χ1n) is 8.55. The molecule has 0 aromatic heterocycles. The Bertz CT molecular complexity index is 746. The van der Waals surface area contributed by atoms with Crippen LogP contribution in [0.25, 0.3) is 0 Å². The number of thioether (sulfide) groups is 1. The molecule has 2 rings (SSSR count). The van der Waals surface area contributed by atoms with Crippen LogP contribution in [0, 0.1) is 0 Å². The molecule has 2 aromatic rings. The van der Waals surface area contributed by atoms with Gasteiger partial charge >= 0.3 is 0 Å². The second-order valence-corrected chi connectivity index (χ2v) is 6.76. The van der Waals surface area contributed by atoms with Crippen molar-refractivity contribution in [1.29, 1.82) is 0 Å². The van der Waals surface area contributed by atoms with Crippen LogP contribution in [0.15, 0.2) is 58.7 Å². The Hall–Kier alpha value is -2.47. The maximum Gasteiger partial charge on any atom is 0.180 e. The number of nitrogens with zero attached hydrogens (tertiary/aromatic N) is 2. The van der Waals surface area contributed by atoms with Crippen molar-refractivity contribution in [1.82, 2.24) is 0 Å². The molecule has 0 bridgehead atoms. The van der Waals surface area contributed by atoms with Gasteiger partial charge in [-0.2, -0.15) is 5.10 Å². The second-order valence-electron chi connectivity index (χ2n) is 5.76. The van der Waals surface area contributed by atoms with Crippen LogP contribution in [0.3, 0.4) is 0 Å². The number of nitrogens with two attached hydrogens (primary N) is 1. The first kappa shape index (κ1) is 19.8. The predicted octanol–water partition coefficient (Wildman–Crippen LogP) is 4.45. The van der Waals surface area contributed by atoms with Crippen LogP contribution in [0.2, 0.25) is 0 Å². The van der Waals surface area contributed by atoms with Crippen LogP contribution < -0.4 is 15.2 Å². The minimum atomic E-state index is 0.0831. The van der Waals surface area contributed by atoms with Crippen LogP contribution >= 0.6 is 11.8 Å². The van der Waals surface area contributed by atoms with Crippen molar-refractivity contribution in [2.24, 2.45) is 15.9 Å². The third kappa shape index (κ3) is 6.80. The summed E-state index contributed by atoms with van der Waals surface area (Å²) in [5.74, 6) is 2.18. The van der Waals surface area contributed by atoms with E-state index in [0.717, 1.165) is 17.1 Å². The molecule has 2 N–H and O–H groups in total. The fourth-order valence-electron chi connectivity index (χ4n) is 2.14. The summed E-state index contributed by atoms with van der Waals surface area (Å²) in [6, 6.07) is 15.8. The van der Waals surface area contributed by atoms with Crippen molar-refractivity contribution in [2.75, 3.05) is 6.61 Å². The molecule has 0 saturated heterocycles. The highest BCUT2D eigenvalue weighted by Crippen LogP contribution is 2.29. The first-order valence-corrected chi connectivity index (χ1v) is 9.53. The van der Waals surface area contributed by atoms with Gasteiger partial charge in [-0.25, -0.2) is 0 Å². The lowest BCUT2D eigenvalue weighted by Gasteiger charge is -2.14. The monoisotopic (exact) mass is 371 g/mol. The zero-order valence-electron chi connectivity index (χ0n) is 15.4. The number of rotatable bonds is 8. The Kier molecular flexibility index (Phi) is 8.02. The average molecular weight is 372 g/mol. The van der Waals surface area contributed by atoms with Gasteiger partial charge in [0.05, 0.1) is 18.9 Å². The average Bonchev–Trinajstić information content (AvgIpc) is 2.63. The van der Waals surface area contributed by atoms with Crippen molar-refractivity contribution in [3.05, 3.63) is 59.7 Å². The molecule has 6 heteroatoms. The Labute approximate surface area is 159 Å². The molecule has 0 spiro atoms. The fraction of sp³-hybridized carbons (Fsp3) is 0.300. The summed E-state index contributed by atoms with van der Waals surface area (Å²) in [5, 5.41) is 8.53. The van der Waals surface area contributed by atoms with Gasteiger partial charge in [-0.3, -0.25) is 0 Å². The molecule has 0 heterocycles. The quantitative estimate of drug-likeness (QED) is 0.423. The third-order valence-corrected chi connectivity index (χ3v) is 4.08. The molecular weight excluding hydrogens is 346 g/mol. The Balaban J connectivity index is 1.98. The molecule has 0 radical (unpaired) electrons. The number of hydrogen-bond donors (Lipinski definition) is 1. The van der Waals surface area contributed by atoms with E-state index >= 15 is 0 Å². The highest BCUT2D eigenvalue weighted by molar-refractivity contribution is 8.13. The molecule has 0 fully saturated rings. The molecule has 0 aliphatic carbocycles. The molecule has 0 atom stereocenters. The maximum absolute atomic E-state index is 5.90. The molecule has 0 unspecified atom stereocenters. The summed E-state index contributed by atoms with van der Waals surface area (Å²) in [5.41, 5.74) is 7.96. The van der Waals surface area contributed by atoms with E-state index in [2.05, 4.69) is 22.3 Å². The lowest BCUT2D eigenvalue weighted by atomic mass is 10.2. The largest absolute Gasteiger partial charge is 0.490 e. The molecule has 0 aliphatic heterocycles. The minimum Gasteiger partial charge on any atom is -0.490 e. The van der Waals surface area contributed by atoms with Crippen molar-refractivity contribution in [2.45, 2.75) is 32.6 Å². The normalized spacial score (nSPS) is 11.9. The zero-order chi connectivity index (χ0) is 18.8. The van der Waals surface area contributed by atoms with E-state index in [1.54, 1.807) is 6.21 Å². The van der Waals surface area contributed by atoms with Gasteiger partial charge < -0.3 is 15.2 Å². The summed E-state index contributed by atoms with van der Waals surface area (Å²) >= 11 is 1.45. The van der Waals surface area contributed by atoms with E-state index in [1.807, 2.05) is 57.2 Å². The lowest BCUT2D eigenvalue weighted by molar-refractivity contribution is 0.224. The summed E-state index contributed by atoms with van der Waals surface area (Å²) < 4.78 is 11.4. The summed E-state index contributed by atoms with van der Waals surface area (Å²) in [6.45, 7) is 6.47. The molecule has 138 valence electrons. The topological polar surface area (TPSA) is 69.2 Å². The van der Waals surface area contributed by atoms with Gasteiger partial charge in [-0.1, -0.05) is 42.1 Å². The number of ether oxygens (including phenoxy) is 2. The van der Waals surface area contributed by atoms with E-state index in [0.29, 0.717) is 17.5 Å². The van der Waals surface area contributed by atoms with Crippen molar-refractivity contribution in [3.8, 4) is 11.5 Å². The highest BCUT2D eigenvalue weighted by atomic mass is 32.2. The van der Waals surface area contributed by atoms with E-state index in [-0.39, 0.29) is 6.10 Å². The van der Waals surface area contributed by atoms with Crippen LogP contribution in [0.1, 0.15) is 31.9 Å². The Morgan fingerprint density at radius 3 is 2.62 bits per heavy atom. The SMILES string of the molecule is CCOc1cc(C=NN=C(N)SCc2ccccc2)ccc1OC(C)C. The highest BCUT2D eigenvalue weighted by Gasteiger charge is 2.07. The van der Waals surface area contributed by atoms with E-state index in [9.17, 15) is 0 Å². The Morgan fingerprint density at radius 1 is 1.15 bits per heavy atom. The van der Waals surface area contributed by atoms with Crippen molar-refractivity contribution < 1.29 is 9.47 Å². The smallest absolute Gasteiger partial charge is 0.180 e. The van der Waals surface area contributed by atoms with Gasteiger partial charge in [-0.05, 0) is 50.1 Å². The van der Waals surface area contributed by atoms with Gasteiger partial charge in [-0.15, -0.1) is 5.10 Å². The Morgan fingerprint density at radius 2 is 1.92 bits per heavy atom. The molecular formula is C20H25N3O2S. The molecule has 0 aliphatic rings. The van der Waals surface area contributed by atoms with Crippen LogP contribution in [-0.2, 0) is 5.75 Å². The van der Waals surface area contributed by atoms with Crippen molar-refractivity contribution >= 4 is 23.1 Å². The van der Waals surface area contributed by atoms with Gasteiger partial charge in [0, 0.05) is 5.75 Å². The molecule has 5 nitrogen and oxygen atoms in total. The summed E-state index contributed by atoms with van der Waals surface area (Å²) in [4.78, 5) is 0. The van der Waals surface area contributed by atoms with Crippen LogP contribution in [-0.4, -0.2) is 24.1 Å². The van der Waals surface area contributed by atoms with Crippen LogP contribution in [0.4, 0.5) is 0 Å². The standard InChI is InChI=1S/C20H25N3O2S/c1-4-24-19-12-17(10-11-18(19)25-15(2)3)13-22-23-20(21)26-14-16-8-6-5-7-9-16/h5-13,15H,4,14H2,1-3H3,(H2,21,23). The number of amidine groups is 1. The minimum absolute atomic E-state index is 0.0831.